The van der Waals surface area contributed by atoms with E-state index in [2.05, 4.69) is 10.2 Å². The molecule has 2 saturated heterocycles. The van der Waals surface area contributed by atoms with E-state index in [1.807, 2.05) is 13.8 Å². The highest BCUT2D eigenvalue weighted by atomic mass is 35.5. The number of rotatable bonds is 5. The van der Waals surface area contributed by atoms with Crippen molar-refractivity contribution in [2.75, 3.05) is 39.3 Å². The molecule has 0 aliphatic carbocycles. The van der Waals surface area contributed by atoms with Crippen LogP contribution in [0.1, 0.15) is 20.3 Å². The SMILES string of the molecule is CC(C)Oc1ccc(S(=O)(=O)N2CCC(N3CCNCC3)C2)cc1.Cl. The van der Waals surface area contributed by atoms with Gasteiger partial charge < -0.3 is 10.1 Å². The molecule has 1 unspecified atom stereocenters. The molecule has 0 radical (unpaired) electrons. The molecule has 25 heavy (non-hydrogen) atoms. The van der Waals surface area contributed by atoms with Gasteiger partial charge in [0.15, 0.2) is 0 Å². The summed E-state index contributed by atoms with van der Waals surface area (Å²) in [5.41, 5.74) is 0. The molecule has 1 atom stereocenters. The van der Waals surface area contributed by atoms with Crippen molar-refractivity contribution in [3.8, 4) is 5.75 Å². The highest BCUT2D eigenvalue weighted by Crippen LogP contribution is 2.25. The van der Waals surface area contributed by atoms with Crippen molar-refractivity contribution < 1.29 is 13.2 Å². The molecule has 3 rings (SSSR count). The van der Waals surface area contributed by atoms with Gasteiger partial charge in [-0.25, -0.2) is 8.42 Å². The lowest BCUT2D eigenvalue weighted by molar-refractivity contribution is 0.179. The lowest BCUT2D eigenvalue weighted by Gasteiger charge is -2.32. The van der Waals surface area contributed by atoms with Gasteiger partial charge in [0.05, 0.1) is 11.0 Å². The standard InChI is InChI=1S/C17H27N3O3S.ClH/c1-14(2)23-16-3-5-17(6-4-16)24(21,22)20-10-7-15(13-20)19-11-8-18-9-12-19;/h3-6,14-15,18H,7-13H2,1-2H3;1H. The number of hydrogen-bond acceptors (Lipinski definition) is 5. The van der Waals surface area contributed by atoms with Crippen LogP contribution < -0.4 is 10.1 Å². The van der Waals surface area contributed by atoms with Gasteiger partial charge in [-0.3, -0.25) is 4.90 Å². The van der Waals surface area contributed by atoms with Crippen LogP contribution in [-0.2, 0) is 10.0 Å². The molecule has 142 valence electrons. The lowest BCUT2D eigenvalue weighted by atomic mass is 10.2. The van der Waals surface area contributed by atoms with Crippen LogP contribution in [0.2, 0.25) is 0 Å². The van der Waals surface area contributed by atoms with Crippen LogP contribution in [0.3, 0.4) is 0 Å². The Morgan fingerprint density at radius 3 is 2.36 bits per heavy atom. The number of benzene rings is 1. The zero-order valence-corrected chi connectivity index (χ0v) is 16.5. The summed E-state index contributed by atoms with van der Waals surface area (Å²) in [5.74, 6) is 0.698. The van der Waals surface area contributed by atoms with Gasteiger partial charge in [0.25, 0.3) is 0 Å². The molecule has 0 bridgehead atoms. The van der Waals surface area contributed by atoms with Gasteiger partial charge in [0.1, 0.15) is 5.75 Å². The monoisotopic (exact) mass is 389 g/mol. The van der Waals surface area contributed by atoms with E-state index in [1.54, 1.807) is 28.6 Å². The molecular weight excluding hydrogens is 362 g/mol. The van der Waals surface area contributed by atoms with Crippen molar-refractivity contribution in [3.63, 3.8) is 0 Å². The van der Waals surface area contributed by atoms with Crippen LogP contribution in [0, 0.1) is 0 Å². The minimum Gasteiger partial charge on any atom is -0.491 e. The van der Waals surface area contributed by atoms with Crippen LogP contribution in [0.25, 0.3) is 0 Å². The first-order valence-corrected chi connectivity index (χ1v) is 10.1. The van der Waals surface area contributed by atoms with Crippen molar-refractivity contribution in [2.45, 2.75) is 37.3 Å². The topological polar surface area (TPSA) is 61.9 Å². The Balaban J connectivity index is 0.00000225. The first-order valence-electron chi connectivity index (χ1n) is 8.68. The Bertz CT molecular complexity index is 646. The first kappa shape index (κ1) is 20.5. The van der Waals surface area contributed by atoms with Gasteiger partial charge in [-0.1, -0.05) is 0 Å². The molecule has 6 nitrogen and oxygen atoms in total. The Kier molecular flexibility index (Phi) is 7.10. The molecule has 8 heteroatoms. The number of nitrogens with zero attached hydrogens (tertiary/aromatic N) is 2. The van der Waals surface area contributed by atoms with Crippen molar-refractivity contribution in [1.29, 1.82) is 0 Å². The van der Waals surface area contributed by atoms with Gasteiger partial charge in [0.2, 0.25) is 10.0 Å². The van der Waals surface area contributed by atoms with Crippen LogP contribution >= 0.6 is 12.4 Å². The van der Waals surface area contributed by atoms with E-state index in [0.29, 0.717) is 29.8 Å². The summed E-state index contributed by atoms with van der Waals surface area (Å²) in [7, 11) is -3.42. The summed E-state index contributed by atoms with van der Waals surface area (Å²) in [4.78, 5) is 2.76. The molecule has 1 aromatic rings. The van der Waals surface area contributed by atoms with Crippen molar-refractivity contribution in [2.24, 2.45) is 0 Å². The zero-order valence-electron chi connectivity index (χ0n) is 14.8. The first-order chi connectivity index (χ1) is 11.5. The highest BCUT2D eigenvalue weighted by molar-refractivity contribution is 7.89. The summed E-state index contributed by atoms with van der Waals surface area (Å²) in [5, 5.41) is 3.34. The average Bonchev–Trinajstić information content (AvgIpc) is 3.06. The number of sulfonamides is 1. The fourth-order valence-corrected chi connectivity index (χ4v) is 4.88. The number of piperazine rings is 1. The van der Waals surface area contributed by atoms with E-state index < -0.39 is 10.0 Å². The third kappa shape index (κ3) is 4.86. The number of halogens is 1. The van der Waals surface area contributed by atoms with Gasteiger partial charge in [-0.05, 0) is 44.5 Å². The summed E-state index contributed by atoms with van der Waals surface area (Å²) >= 11 is 0. The number of ether oxygens (including phenoxy) is 1. The maximum atomic E-state index is 12.9. The van der Waals surface area contributed by atoms with Crippen LogP contribution in [0.15, 0.2) is 29.2 Å². The number of nitrogens with one attached hydrogen (secondary N) is 1. The maximum absolute atomic E-state index is 12.9. The van der Waals surface area contributed by atoms with Crippen LogP contribution in [0.5, 0.6) is 5.75 Å². The molecule has 0 spiro atoms. The maximum Gasteiger partial charge on any atom is 0.243 e. The summed E-state index contributed by atoms with van der Waals surface area (Å²) in [6.07, 6.45) is 0.985. The summed E-state index contributed by atoms with van der Waals surface area (Å²) in [6.45, 7) is 9.06. The summed E-state index contributed by atoms with van der Waals surface area (Å²) < 4.78 is 32.9. The quantitative estimate of drug-likeness (QED) is 0.828. The van der Waals surface area contributed by atoms with E-state index in [-0.39, 0.29) is 18.5 Å². The van der Waals surface area contributed by atoms with Crippen molar-refractivity contribution >= 4 is 22.4 Å². The molecule has 0 amide bonds. The minimum atomic E-state index is -3.42. The molecule has 0 saturated carbocycles. The molecule has 2 aliphatic heterocycles. The molecule has 2 aliphatic rings. The third-order valence-corrected chi connectivity index (χ3v) is 6.51. The Morgan fingerprint density at radius 2 is 1.76 bits per heavy atom. The fourth-order valence-electron chi connectivity index (χ4n) is 3.39. The highest BCUT2D eigenvalue weighted by Gasteiger charge is 2.35. The van der Waals surface area contributed by atoms with E-state index in [1.165, 1.54) is 0 Å². The lowest BCUT2D eigenvalue weighted by Crippen LogP contribution is -2.49. The van der Waals surface area contributed by atoms with E-state index in [9.17, 15) is 8.42 Å². The fraction of sp³-hybridized carbons (Fsp3) is 0.647. The minimum absolute atomic E-state index is 0. The van der Waals surface area contributed by atoms with E-state index in [4.69, 9.17) is 4.74 Å². The van der Waals surface area contributed by atoms with Crippen molar-refractivity contribution in [3.05, 3.63) is 24.3 Å². The van der Waals surface area contributed by atoms with E-state index in [0.717, 1.165) is 32.6 Å². The molecule has 2 fully saturated rings. The Hall–Kier alpha value is -0.860. The second kappa shape index (κ2) is 8.68. The van der Waals surface area contributed by atoms with Gasteiger partial charge in [0, 0.05) is 45.3 Å². The largest absolute Gasteiger partial charge is 0.491 e. The second-order valence-corrected chi connectivity index (χ2v) is 8.67. The van der Waals surface area contributed by atoms with Crippen molar-refractivity contribution in [1.82, 2.24) is 14.5 Å². The molecular formula is C17H28ClN3O3S. The van der Waals surface area contributed by atoms with E-state index >= 15 is 0 Å². The average molecular weight is 390 g/mol. The van der Waals surface area contributed by atoms with Crippen LogP contribution in [0.4, 0.5) is 0 Å². The van der Waals surface area contributed by atoms with Crippen LogP contribution in [-0.4, -0.2) is 69.0 Å². The second-order valence-electron chi connectivity index (χ2n) is 6.73. The predicted molar refractivity (Wildman–Crippen MR) is 101 cm³/mol. The number of hydrogen-bond donors (Lipinski definition) is 1. The summed E-state index contributed by atoms with van der Waals surface area (Å²) in [6, 6.07) is 7.09. The van der Waals surface area contributed by atoms with Gasteiger partial charge in [-0.2, -0.15) is 4.31 Å². The normalized spacial score (nSPS) is 22.8. The zero-order chi connectivity index (χ0) is 17.2. The molecule has 0 aromatic heterocycles. The predicted octanol–water partition coefficient (Wildman–Crippen LogP) is 1.56. The van der Waals surface area contributed by atoms with Gasteiger partial charge >= 0.3 is 0 Å². The molecule has 1 aromatic carbocycles. The Morgan fingerprint density at radius 1 is 1.12 bits per heavy atom. The molecule has 2 heterocycles. The van der Waals surface area contributed by atoms with Gasteiger partial charge in [-0.15, -0.1) is 12.4 Å². The Labute approximate surface area is 157 Å². The smallest absolute Gasteiger partial charge is 0.243 e. The molecule has 1 N–H and O–H groups in total. The third-order valence-electron chi connectivity index (χ3n) is 4.63.